The van der Waals surface area contributed by atoms with Crippen molar-refractivity contribution in [2.75, 3.05) is 18.0 Å². The number of nitrogens with one attached hydrogen (secondary N) is 1. The molecule has 0 unspecified atom stereocenters. The van der Waals surface area contributed by atoms with Crippen LogP contribution in [0, 0.1) is 13.8 Å². The van der Waals surface area contributed by atoms with E-state index >= 15 is 0 Å². The Hall–Kier alpha value is -3.09. The highest BCUT2D eigenvalue weighted by atomic mass is 16.2. The Labute approximate surface area is 164 Å². The van der Waals surface area contributed by atoms with Crippen LogP contribution in [0.3, 0.4) is 0 Å². The Kier molecular flexibility index (Phi) is 4.90. The third-order valence-electron chi connectivity index (χ3n) is 5.06. The van der Waals surface area contributed by atoms with Gasteiger partial charge in [-0.05, 0) is 57.4 Å². The molecule has 3 aromatic rings. The third-order valence-corrected chi connectivity index (χ3v) is 5.06. The molecule has 3 aromatic heterocycles. The molecule has 7 heteroatoms. The van der Waals surface area contributed by atoms with Gasteiger partial charge >= 0.3 is 0 Å². The predicted octanol–water partition coefficient (Wildman–Crippen LogP) is 3.13. The molecule has 0 saturated carbocycles. The first-order valence-corrected chi connectivity index (χ1v) is 9.65. The Morgan fingerprint density at radius 2 is 1.93 bits per heavy atom. The second-order valence-electron chi connectivity index (χ2n) is 7.29. The maximum Gasteiger partial charge on any atom is 0.289 e. The molecule has 0 bridgehead atoms. The van der Waals surface area contributed by atoms with Crippen LogP contribution in [0.4, 0.5) is 5.82 Å². The number of amides is 1. The highest BCUT2D eigenvalue weighted by Crippen LogP contribution is 2.29. The van der Waals surface area contributed by atoms with Crippen LogP contribution in [0.1, 0.15) is 53.4 Å². The monoisotopic (exact) mass is 376 g/mol. The van der Waals surface area contributed by atoms with Crippen molar-refractivity contribution in [2.45, 2.75) is 39.7 Å². The van der Waals surface area contributed by atoms with Gasteiger partial charge in [0.2, 0.25) is 5.82 Å². The summed E-state index contributed by atoms with van der Waals surface area (Å²) in [5, 5.41) is 3.88. The molecule has 7 nitrogen and oxygen atoms in total. The number of nitrogens with zero attached hydrogens (tertiary/aromatic N) is 5. The van der Waals surface area contributed by atoms with Crippen LogP contribution in [-0.4, -0.2) is 38.9 Å². The number of aromatic nitrogens is 4. The lowest BCUT2D eigenvalue weighted by Gasteiger charge is -2.20. The van der Waals surface area contributed by atoms with Crippen LogP contribution < -0.4 is 10.2 Å². The van der Waals surface area contributed by atoms with Crippen molar-refractivity contribution >= 4 is 22.8 Å². The highest BCUT2D eigenvalue weighted by molar-refractivity contribution is 5.97. The van der Waals surface area contributed by atoms with E-state index in [0.29, 0.717) is 5.65 Å². The number of carbonyl (C=O) groups excluding carboxylic acids is 1. The minimum absolute atomic E-state index is 0.148. The maximum atomic E-state index is 12.9. The molecule has 0 radical (unpaired) electrons. The Morgan fingerprint density at radius 1 is 1.14 bits per heavy atom. The van der Waals surface area contributed by atoms with E-state index < -0.39 is 0 Å². The van der Waals surface area contributed by atoms with Crippen molar-refractivity contribution in [3.05, 3.63) is 53.2 Å². The van der Waals surface area contributed by atoms with Crippen molar-refractivity contribution in [1.82, 2.24) is 25.3 Å². The molecule has 1 aliphatic rings. The molecule has 4 heterocycles. The zero-order valence-electron chi connectivity index (χ0n) is 16.4. The highest BCUT2D eigenvalue weighted by Gasteiger charge is 2.23. The Bertz CT molecular complexity index is 1010. The molecule has 0 spiro atoms. The molecule has 144 valence electrons. The van der Waals surface area contributed by atoms with Crippen molar-refractivity contribution in [1.29, 1.82) is 0 Å². The summed E-state index contributed by atoms with van der Waals surface area (Å²) < 4.78 is 0. The van der Waals surface area contributed by atoms with Crippen LogP contribution >= 0.6 is 0 Å². The van der Waals surface area contributed by atoms with E-state index in [1.807, 2.05) is 45.0 Å². The average Bonchev–Trinajstić information content (AvgIpc) is 3.22. The zero-order valence-corrected chi connectivity index (χ0v) is 16.4. The lowest BCUT2D eigenvalue weighted by Crippen LogP contribution is -2.30. The molecule has 1 atom stereocenters. The van der Waals surface area contributed by atoms with Crippen molar-refractivity contribution in [3.8, 4) is 0 Å². The molecule has 1 N–H and O–H groups in total. The third kappa shape index (κ3) is 3.52. The number of carbonyl (C=O) groups is 1. The maximum absolute atomic E-state index is 12.9. The van der Waals surface area contributed by atoms with Crippen LogP contribution in [-0.2, 0) is 0 Å². The minimum Gasteiger partial charge on any atom is -0.356 e. The molecule has 4 rings (SSSR count). The van der Waals surface area contributed by atoms with E-state index in [-0.39, 0.29) is 17.8 Å². The van der Waals surface area contributed by atoms with Gasteiger partial charge in [0.25, 0.3) is 5.91 Å². The Balaban J connectivity index is 1.73. The summed E-state index contributed by atoms with van der Waals surface area (Å²) in [6.07, 6.45) is 3.97. The smallest absolute Gasteiger partial charge is 0.289 e. The zero-order chi connectivity index (χ0) is 19.7. The van der Waals surface area contributed by atoms with Gasteiger partial charge in [0, 0.05) is 25.0 Å². The van der Waals surface area contributed by atoms with Gasteiger partial charge < -0.3 is 10.2 Å². The molecule has 0 aliphatic carbocycles. The van der Waals surface area contributed by atoms with E-state index in [4.69, 9.17) is 0 Å². The normalized spacial score (nSPS) is 15.0. The lowest BCUT2D eigenvalue weighted by molar-refractivity contribution is 0.0929. The van der Waals surface area contributed by atoms with Crippen molar-refractivity contribution in [2.24, 2.45) is 0 Å². The molecule has 1 aliphatic heterocycles. The first kappa shape index (κ1) is 18.3. The fraction of sp³-hybridized carbons (Fsp3) is 0.381. The number of hydrogen-bond donors (Lipinski definition) is 1. The summed E-state index contributed by atoms with van der Waals surface area (Å²) in [6.45, 7) is 7.75. The number of aryl methyl sites for hydroxylation is 2. The molecular weight excluding hydrogens is 352 g/mol. The van der Waals surface area contributed by atoms with Gasteiger partial charge in [-0.25, -0.2) is 15.0 Å². The van der Waals surface area contributed by atoms with E-state index in [9.17, 15) is 4.79 Å². The molecule has 1 amide bonds. The first-order chi connectivity index (χ1) is 13.5. The average molecular weight is 376 g/mol. The molecule has 0 aromatic carbocycles. The lowest BCUT2D eigenvalue weighted by atomic mass is 10.1. The number of rotatable bonds is 4. The van der Waals surface area contributed by atoms with Gasteiger partial charge in [-0.15, -0.1) is 0 Å². The minimum atomic E-state index is -0.318. The van der Waals surface area contributed by atoms with E-state index in [1.165, 1.54) is 0 Å². The topological polar surface area (TPSA) is 83.9 Å². The van der Waals surface area contributed by atoms with E-state index in [2.05, 4.69) is 30.2 Å². The van der Waals surface area contributed by atoms with E-state index in [1.54, 1.807) is 6.20 Å². The van der Waals surface area contributed by atoms with Gasteiger partial charge in [0.05, 0.1) is 17.1 Å². The fourth-order valence-corrected chi connectivity index (χ4v) is 3.68. The SMILES string of the molecule is Cc1cc(C)c2c(N3CCCC3)nc(C(=O)N[C@@H](C)c3ccccn3)nc2n1. The summed E-state index contributed by atoms with van der Waals surface area (Å²) in [7, 11) is 0. The summed E-state index contributed by atoms with van der Waals surface area (Å²) in [5.74, 6) is 0.638. The molecule has 28 heavy (non-hydrogen) atoms. The number of pyridine rings is 2. The van der Waals surface area contributed by atoms with Gasteiger partial charge in [-0.1, -0.05) is 6.07 Å². The van der Waals surface area contributed by atoms with Gasteiger partial charge in [0.1, 0.15) is 5.82 Å². The second-order valence-corrected chi connectivity index (χ2v) is 7.29. The van der Waals surface area contributed by atoms with Crippen LogP contribution in [0.5, 0.6) is 0 Å². The van der Waals surface area contributed by atoms with Crippen LogP contribution in [0.2, 0.25) is 0 Å². The fourth-order valence-electron chi connectivity index (χ4n) is 3.68. The summed E-state index contributed by atoms with van der Waals surface area (Å²) in [4.78, 5) is 33.2. The van der Waals surface area contributed by atoms with Crippen molar-refractivity contribution < 1.29 is 4.79 Å². The Morgan fingerprint density at radius 3 is 2.64 bits per heavy atom. The number of fused-ring (bicyclic) bond motifs is 1. The first-order valence-electron chi connectivity index (χ1n) is 9.65. The second kappa shape index (κ2) is 7.50. The number of hydrogen-bond acceptors (Lipinski definition) is 6. The standard InChI is InChI=1S/C21H24N6O/c1-13-12-14(2)23-18-17(13)20(27-10-6-7-11-27)26-19(25-18)21(28)24-15(3)16-8-4-5-9-22-16/h4-5,8-9,12,15H,6-7,10-11H2,1-3H3,(H,24,28)/t15-/m0/s1. The largest absolute Gasteiger partial charge is 0.356 e. The molecule has 1 saturated heterocycles. The summed E-state index contributed by atoms with van der Waals surface area (Å²) in [5.41, 5.74) is 3.33. The van der Waals surface area contributed by atoms with Crippen LogP contribution in [0.25, 0.3) is 11.0 Å². The van der Waals surface area contributed by atoms with E-state index in [0.717, 1.165) is 54.1 Å². The van der Waals surface area contributed by atoms with Gasteiger partial charge in [-0.3, -0.25) is 9.78 Å². The van der Waals surface area contributed by atoms with Crippen LogP contribution in [0.15, 0.2) is 30.5 Å². The number of anilines is 1. The summed E-state index contributed by atoms with van der Waals surface area (Å²) >= 11 is 0. The summed E-state index contributed by atoms with van der Waals surface area (Å²) in [6, 6.07) is 7.43. The van der Waals surface area contributed by atoms with Crippen molar-refractivity contribution in [3.63, 3.8) is 0 Å². The molecule has 1 fully saturated rings. The van der Waals surface area contributed by atoms with Gasteiger partial charge in [0.15, 0.2) is 5.65 Å². The predicted molar refractivity (Wildman–Crippen MR) is 108 cm³/mol. The quantitative estimate of drug-likeness (QED) is 0.753. The molecular formula is C21H24N6O. The van der Waals surface area contributed by atoms with Gasteiger partial charge in [-0.2, -0.15) is 0 Å².